The van der Waals surface area contributed by atoms with Gasteiger partial charge in [-0.15, -0.1) is 0 Å². The van der Waals surface area contributed by atoms with Gasteiger partial charge in [-0.2, -0.15) is 0 Å². The highest BCUT2D eigenvalue weighted by molar-refractivity contribution is 5.96. The largest absolute Gasteiger partial charge is 0.484 e. The van der Waals surface area contributed by atoms with Crippen molar-refractivity contribution in [2.75, 3.05) is 37.7 Å². The van der Waals surface area contributed by atoms with Gasteiger partial charge in [-0.05, 0) is 61.1 Å². The molecule has 6 nitrogen and oxygen atoms in total. The number of anilines is 1. The Morgan fingerprint density at radius 2 is 1.36 bits per heavy atom. The van der Waals surface area contributed by atoms with Crippen LogP contribution in [0.2, 0.25) is 0 Å². The smallest absolute Gasteiger partial charge is 0.264 e. The fourth-order valence-electron chi connectivity index (χ4n) is 5.87. The van der Waals surface area contributed by atoms with E-state index < -0.39 is 0 Å². The molecule has 228 valence electrons. The molecule has 0 unspecified atom stereocenters. The zero-order valence-electron chi connectivity index (χ0n) is 26.0. The average Bonchev–Trinajstić information content (AvgIpc) is 3.03. The van der Waals surface area contributed by atoms with Crippen LogP contribution in [0.1, 0.15) is 40.7 Å². The van der Waals surface area contributed by atoms with Crippen molar-refractivity contribution in [2.24, 2.45) is 0 Å². The summed E-state index contributed by atoms with van der Waals surface area (Å²) in [6.45, 7) is 8.26. The molecule has 6 heteroatoms. The van der Waals surface area contributed by atoms with Crippen LogP contribution in [0.15, 0.2) is 103 Å². The maximum Gasteiger partial charge on any atom is 0.264 e. The van der Waals surface area contributed by atoms with Gasteiger partial charge < -0.3 is 14.5 Å². The third-order valence-electron chi connectivity index (χ3n) is 8.20. The summed E-state index contributed by atoms with van der Waals surface area (Å²) < 4.78 is 5.92. The summed E-state index contributed by atoms with van der Waals surface area (Å²) in [5.41, 5.74) is 6.33. The molecule has 5 rings (SSSR count). The molecule has 1 aliphatic rings. The topological polar surface area (TPSA) is 53.1 Å². The van der Waals surface area contributed by atoms with Crippen molar-refractivity contribution in [2.45, 2.75) is 46.2 Å². The lowest BCUT2D eigenvalue weighted by atomic mass is 10.0. The van der Waals surface area contributed by atoms with E-state index in [2.05, 4.69) is 54.3 Å². The van der Waals surface area contributed by atoms with Gasteiger partial charge in [0.1, 0.15) is 5.75 Å². The van der Waals surface area contributed by atoms with E-state index in [1.54, 1.807) is 0 Å². The minimum absolute atomic E-state index is 0.0540. The second-order valence-electron chi connectivity index (χ2n) is 11.7. The molecule has 0 aromatic heterocycles. The van der Waals surface area contributed by atoms with E-state index in [9.17, 15) is 9.59 Å². The Balaban J connectivity index is 1.43. The summed E-state index contributed by atoms with van der Waals surface area (Å²) in [6.07, 6.45) is 2.05. The van der Waals surface area contributed by atoms with E-state index in [0.717, 1.165) is 54.9 Å². The van der Waals surface area contributed by atoms with Gasteiger partial charge in [0.25, 0.3) is 5.91 Å². The molecule has 0 atom stereocenters. The second-order valence-corrected chi connectivity index (χ2v) is 11.7. The Kier molecular flexibility index (Phi) is 10.8. The summed E-state index contributed by atoms with van der Waals surface area (Å²) >= 11 is 0. The first-order valence-corrected chi connectivity index (χ1v) is 15.6. The zero-order chi connectivity index (χ0) is 30.7. The van der Waals surface area contributed by atoms with Crippen molar-refractivity contribution in [1.29, 1.82) is 0 Å². The zero-order valence-corrected chi connectivity index (χ0v) is 26.0. The van der Waals surface area contributed by atoms with E-state index in [0.29, 0.717) is 31.8 Å². The lowest BCUT2D eigenvalue weighted by molar-refractivity contribution is -0.131. The Morgan fingerprint density at radius 3 is 2.09 bits per heavy atom. The normalized spacial score (nSPS) is 14.7. The molecule has 0 spiro atoms. The van der Waals surface area contributed by atoms with Gasteiger partial charge in [0, 0.05) is 39.3 Å². The first-order valence-electron chi connectivity index (χ1n) is 15.6. The number of nitrogens with zero attached hydrogens (tertiary/aromatic N) is 3. The van der Waals surface area contributed by atoms with Crippen molar-refractivity contribution in [3.8, 4) is 5.75 Å². The first kappa shape index (κ1) is 31.0. The number of hydrogen-bond acceptors (Lipinski definition) is 4. The summed E-state index contributed by atoms with van der Waals surface area (Å²) in [6, 6.07) is 34.3. The van der Waals surface area contributed by atoms with Gasteiger partial charge in [-0.25, -0.2) is 0 Å². The summed E-state index contributed by atoms with van der Waals surface area (Å²) in [7, 11) is 0. The SMILES string of the molecule is Cc1ccc(CC(=O)N2CCCN(Cc3ccccc3)CCCN(C(=O)COc3ccccc3)c3c(C)cccc3C2)cc1. The molecule has 0 radical (unpaired) electrons. The highest BCUT2D eigenvalue weighted by atomic mass is 16.5. The van der Waals surface area contributed by atoms with E-state index in [1.807, 2.05) is 77.4 Å². The van der Waals surface area contributed by atoms with Crippen LogP contribution in [0.5, 0.6) is 5.75 Å². The van der Waals surface area contributed by atoms with Gasteiger partial charge >= 0.3 is 0 Å². The number of carbonyl (C=O) groups excluding carboxylic acids is 2. The molecule has 0 bridgehead atoms. The predicted octanol–water partition coefficient (Wildman–Crippen LogP) is 6.58. The van der Waals surface area contributed by atoms with Crippen molar-refractivity contribution < 1.29 is 14.3 Å². The first-order chi connectivity index (χ1) is 21.5. The van der Waals surface area contributed by atoms with Gasteiger partial charge in [0.15, 0.2) is 6.61 Å². The predicted molar refractivity (Wildman–Crippen MR) is 177 cm³/mol. The number of fused-ring (bicyclic) bond motifs is 1. The number of benzene rings is 4. The van der Waals surface area contributed by atoms with Gasteiger partial charge in [-0.1, -0.05) is 96.6 Å². The van der Waals surface area contributed by atoms with E-state index >= 15 is 0 Å². The Bertz CT molecular complexity index is 1510. The molecule has 4 aromatic rings. The van der Waals surface area contributed by atoms with Crippen LogP contribution in [0.4, 0.5) is 5.69 Å². The average molecular weight is 590 g/mol. The number of rotatable bonds is 7. The van der Waals surface area contributed by atoms with Crippen molar-refractivity contribution >= 4 is 17.5 Å². The lowest BCUT2D eigenvalue weighted by Gasteiger charge is -2.32. The van der Waals surface area contributed by atoms with Crippen molar-refractivity contribution in [1.82, 2.24) is 9.80 Å². The third-order valence-corrected chi connectivity index (χ3v) is 8.20. The van der Waals surface area contributed by atoms with Gasteiger partial charge in [-0.3, -0.25) is 14.5 Å². The molecule has 0 saturated heterocycles. The number of ether oxygens (including phenoxy) is 1. The summed E-state index contributed by atoms with van der Waals surface area (Å²) in [4.78, 5) is 34.0. The molecule has 2 amide bonds. The minimum Gasteiger partial charge on any atom is -0.484 e. The summed E-state index contributed by atoms with van der Waals surface area (Å²) in [5.74, 6) is 0.675. The fraction of sp³-hybridized carbons (Fsp3) is 0.316. The van der Waals surface area contributed by atoms with Crippen LogP contribution in [-0.2, 0) is 29.1 Å². The Morgan fingerprint density at radius 1 is 0.682 bits per heavy atom. The lowest BCUT2D eigenvalue weighted by Crippen LogP contribution is -2.41. The molecule has 1 heterocycles. The molecular formula is C38H43N3O3. The monoisotopic (exact) mass is 589 g/mol. The molecule has 0 aliphatic carbocycles. The molecule has 0 N–H and O–H groups in total. The number of aryl methyl sites for hydroxylation is 2. The quantitative estimate of drug-likeness (QED) is 0.244. The van der Waals surface area contributed by atoms with Crippen LogP contribution in [0.3, 0.4) is 0 Å². The van der Waals surface area contributed by atoms with Crippen LogP contribution < -0.4 is 9.64 Å². The van der Waals surface area contributed by atoms with E-state index in [-0.39, 0.29) is 18.4 Å². The number of para-hydroxylation sites is 2. The van der Waals surface area contributed by atoms with Crippen LogP contribution in [0.25, 0.3) is 0 Å². The third kappa shape index (κ3) is 8.57. The number of carbonyl (C=O) groups is 2. The van der Waals surface area contributed by atoms with Crippen LogP contribution in [-0.4, -0.2) is 54.4 Å². The second kappa shape index (κ2) is 15.3. The van der Waals surface area contributed by atoms with Crippen LogP contribution in [0, 0.1) is 13.8 Å². The minimum atomic E-state index is -0.0893. The fourth-order valence-corrected chi connectivity index (χ4v) is 5.87. The van der Waals surface area contributed by atoms with Crippen molar-refractivity contribution in [3.63, 3.8) is 0 Å². The molecule has 0 fully saturated rings. The maximum absolute atomic E-state index is 13.9. The summed E-state index contributed by atoms with van der Waals surface area (Å²) in [5, 5.41) is 0. The van der Waals surface area contributed by atoms with E-state index in [4.69, 9.17) is 4.74 Å². The number of hydrogen-bond donors (Lipinski definition) is 0. The molecule has 44 heavy (non-hydrogen) atoms. The van der Waals surface area contributed by atoms with Gasteiger partial charge in [0.2, 0.25) is 5.91 Å². The molecular weight excluding hydrogens is 546 g/mol. The molecule has 1 aliphatic heterocycles. The van der Waals surface area contributed by atoms with Crippen molar-refractivity contribution in [3.05, 3.63) is 131 Å². The van der Waals surface area contributed by atoms with Gasteiger partial charge in [0.05, 0.1) is 12.1 Å². The standard InChI is InChI=1S/C38H43N3O3/c1-30-18-20-32(21-19-30)26-36(42)40-24-10-22-39(27-33-13-5-3-6-14-33)23-11-25-41(38-31(2)12-9-15-34(38)28-40)37(43)29-44-35-16-7-4-8-17-35/h3-9,12-21H,10-11,22-29H2,1-2H3. The van der Waals surface area contributed by atoms with E-state index in [1.165, 1.54) is 11.1 Å². The number of amides is 2. The van der Waals surface area contributed by atoms with Crippen LogP contribution >= 0.6 is 0 Å². The molecule has 0 saturated carbocycles. The Labute approximate surface area is 261 Å². The maximum atomic E-state index is 13.9. The molecule has 4 aromatic carbocycles. The Hall–Kier alpha value is -4.42. The highest BCUT2D eigenvalue weighted by Gasteiger charge is 2.25. The highest BCUT2D eigenvalue weighted by Crippen LogP contribution is 2.28.